The number of cyclic esters (lactones) is 1. The average Bonchev–Trinajstić information content (AvgIpc) is 2.48. The molecule has 0 bridgehead atoms. The second-order valence-corrected chi connectivity index (χ2v) is 8.39. The first-order chi connectivity index (χ1) is 11.1. The summed E-state index contributed by atoms with van der Waals surface area (Å²) in [7, 11) is 1.80. The molecule has 1 aliphatic heterocycles. The Morgan fingerprint density at radius 1 is 1.17 bits per heavy atom. The molecule has 1 aliphatic rings. The maximum Gasteiger partial charge on any atom is 0.308 e. The van der Waals surface area contributed by atoms with Crippen molar-refractivity contribution in [2.45, 2.75) is 79.2 Å². The zero-order chi connectivity index (χ0) is 18.3. The smallest absolute Gasteiger partial charge is 0.308 e. The van der Waals surface area contributed by atoms with Crippen LogP contribution in [0.3, 0.4) is 0 Å². The van der Waals surface area contributed by atoms with Gasteiger partial charge in [0.25, 0.3) is 0 Å². The highest BCUT2D eigenvalue weighted by atomic mass is 16.5. The van der Waals surface area contributed by atoms with Crippen molar-refractivity contribution >= 4 is 11.9 Å². The molecular weight excluding hydrogens is 302 g/mol. The quantitative estimate of drug-likeness (QED) is 0.610. The molecule has 1 amide bonds. The van der Waals surface area contributed by atoms with E-state index in [1.807, 2.05) is 19.2 Å². The lowest BCUT2D eigenvalue weighted by atomic mass is 9.82. The van der Waals surface area contributed by atoms with Gasteiger partial charge in [0.2, 0.25) is 5.91 Å². The number of allylic oxidation sites excluding steroid dienone is 1. The highest BCUT2D eigenvalue weighted by molar-refractivity contribution is 5.76. The van der Waals surface area contributed by atoms with Crippen LogP contribution >= 0.6 is 0 Å². The first-order valence-corrected chi connectivity index (χ1v) is 9.24. The normalized spacial score (nSPS) is 30.2. The molecular formula is C20H35NO3. The second-order valence-electron chi connectivity index (χ2n) is 8.39. The van der Waals surface area contributed by atoms with Gasteiger partial charge in [-0.1, -0.05) is 47.1 Å². The molecule has 4 nitrogen and oxygen atoms in total. The van der Waals surface area contributed by atoms with Crippen LogP contribution in [0.15, 0.2) is 12.3 Å². The van der Waals surface area contributed by atoms with Crippen LogP contribution in [0.25, 0.3) is 0 Å². The van der Waals surface area contributed by atoms with E-state index < -0.39 is 0 Å². The van der Waals surface area contributed by atoms with Crippen molar-refractivity contribution < 1.29 is 14.3 Å². The molecule has 0 aromatic carbocycles. The van der Waals surface area contributed by atoms with Gasteiger partial charge in [0.1, 0.15) is 6.10 Å². The SMILES string of the molecule is C[C@H]1CCCC(=O)N(C)/C=C\CC[C@H](C)C(=O)O[C@H](C(C)(C)C)C1. The van der Waals surface area contributed by atoms with E-state index in [1.165, 1.54) is 0 Å². The van der Waals surface area contributed by atoms with Crippen LogP contribution in [0.2, 0.25) is 0 Å². The predicted molar refractivity (Wildman–Crippen MR) is 97.3 cm³/mol. The van der Waals surface area contributed by atoms with Gasteiger partial charge >= 0.3 is 5.97 Å². The molecule has 0 saturated heterocycles. The van der Waals surface area contributed by atoms with Gasteiger partial charge < -0.3 is 9.64 Å². The molecule has 1 rings (SSSR count). The Morgan fingerprint density at radius 3 is 2.46 bits per heavy atom. The van der Waals surface area contributed by atoms with Crippen LogP contribution in [0.1, 0.15) is 73.1 Å². The zero-order valence-electron chi connectivity index (χ0n) is 16.3. The fourth-order valence-corrected chi connectivity index (χ4v) is 2.88. The minimum atomic E-state index is -0.124. The standard InChI is InChI=1S/C20H35NO3/c1-15-10-9-12-18(22)21(6)13-8-7-11-16(2)19(23)24-17(14-15)20(3,4)5/h8,13,15-17H,7,9-12,14H2,1-6H3/b13-8-/t15-,16-,17-/m0/s1. The first-order valence-electron chi connectivity index (χ1n) is 9.24. The van der Waals surface area contributed by atoms with Gasteiger partial charge in [-0.2, -0.15) is 0 Å². The van der Waals surface area contributed by atoms with E-state index in [0.717, 1.165) is 32.1 Å². The Labute approximate surface area is 147 Å². The van der Waals surface area contributed by atoms with Crippen molar-refractivity contribution in [3.8, 4) is 0 Å². The average molecular weight is 338 g/mol. The molecule has 0 unspecified atom stereocenters. The van der Waals surface area contributed by atoms with Crippen molar-refractivity contribution in [3.05, 3.63) is 12.3 Å². The largest absolute Gasteiger partial charge is 0.462 e. The third-order valence-corrected chi connectivity index (χ3v) is 4.82. The van der Waals surface area contributed by atoms with E-state index in [-0.39, 0.29) is 29.3 Å². The third kappa shape index (κ3) is 7.06. The molecule has 0 radical (unpaired) electrons. The topological polar surface area (TPSA) is 46.6 Å². The lowest BCUT2D eigenvalue weighted by molar-refractivity contribution is -0.160. The molecule has 1 heterocycles. The summed E-state index contributed by atoms with van der Waals surface area (Å²) in [5, 5.41) is 0. The monoisotopic (exact) mass is 337 g/mol. The van der Waals surface area contributed by atoms with Gasteiger partial charge in [0, 0.05) is 19.7 Å². The summed E-state index contributed by atoms with van der Waals surface area (Å²) in [6.07, 6.45) is 8.48. The Bertz CT molecular complexity index is 450. The molecule has 0 aromatic rings. The number of hydrogen-bond acceptors (Lipinski definition) is 3. The van der Waals surface area contributed by atoms with Crippen LogP contribution < -0.4 is 0 Å². The second kappa shape index (κ2) is 9.24. The molecule has 0 saturated carbocycles. The molecule has 4 heteroatoms. The molecule has 0 fully saturated rings. The molecule has 138 valence electrons. The van der Waals surface area contributed by atoms with Crippen LogP contribution in [0, 0.1) is 17.3 Å². The molecule has 0 aromatic heterocycles. The Balaban J connectivity index is 2.86. The summed E-state index contributed by atoms with van der Waals surface area (Å²) >= 11 is 0. The Hall–Kier alpha value is -1.32. The number of ether oxygens (including phenoxy) is 1. The number of carbonyl (C=O) groups is 2. The summed E-state index contributed by atoms with van der Waals surface area (Å²) in [6.45, 7) is 10.5. The van der Waals surface area contributed by atoms with Crippen molar-refractivity contribution in [2.75, 3.05) is 7.05 Å². The van der Waals surface area contributed by atoms with E-state index in [0.29, 0.717) is 12.3 Å². The zero-order valence-corrected chi connectivity index (χ0v) is 16.3. The number of carbonyl (C=O) groups excluding carboxylic acids is 2. The highest BCUT2D eigenvalue weighted by Gasteiger charge is 2.31. The molecule has 3 atom stereocenters. The van der Waals surface area contributed by atoms with Gasteiger partial charge in [-0.3, -0.25) is 9.59 Å². The lowest BCUT2D eigenvalue weighted by Crippen LogP contribution is -2.35. The number of esters is 1. The van der Waals surface area contributed by atoms with Crippen LogP contribution in [-0.2, 0) is 14.3 Å². The lowest BCUT2D eigenvalue weighted by Gasteiger charge is -2.33. The minimum absolute atomic E-state index is 0.0759. The van der Waals surface area contributed by atoms with Gasteiger partial charge in [-0.25, -0.2) is 0 Å². The minimum Gasteiger partial charge on any atom is -0.462 e. The molecule has 0 aliphatic carbocycles. The number of nitrogens with zero attached hydrogens (tertiary/aromatic N) is 1. The number of rotatable bonds is 0. The molecule has 0 N–H and O–H groups in total. The molecule has 0 spiro atoms. The van der Waals surface area contributed by atoms with E-state index in [1.54, 1.807) is 11.9 Å². The van der Waals surface area contributed by atoms with Crippen LogP contribution in [-0.4, -0.2) is 29.9 Å². The summed E-state index contributed by atoms with van der Waals surface area (Å²) in [6, 6.07) is 0. The summed E-state index contributed by atoms with van der Waals surface area (Å²) < 4.78 is 5.88. The highest BCUT2D eigenvalue weighted by Crippen LogP contribution is 2.30. The van der Waals surface area contributed by atoms with Crippen LogP contribution in [0.4, 0.5) is 0 Å². The van der Waals surface area contributed by atoms with Crippen molar-refractivity contribution in [1.82, 2.24) is 4.90 Å². The van der Waals surface area contributed by atoms with E-state index in [4.69, 9.17) is 4.74 Å². The fourth-order valence-electron chi connectivity index (χ4n) is 2.88. The summed E-state index contributed by atoms with van der Waals surface area (Å²) in [5.74, 6) is 0.355. The van der Waals surface area contributed by atoms with Crippen LogP contribution in [0.5, 0.6) is 0 Å². The fraction of sp³-hybridized carbons (Fsp3) is 0.800. The van der Waals surface area contributed by atoms with Crippen molar-refractivity contribution in [1.29, 1.82) is 0 Å². The number of hydrogen-bond donors (Lipinski definition) is 0. The van der Waals surface area contributed by atoms with E-state index in [9.17, 15) is 9.59 Å². The van der Waals surface area contributed by atoms with Gasteiger partial charge in [-0.15, -0.1) is 0 Å². The Morgan fingerprint density at radius 2 is 1.83 bits per heavy atom. The maximum atomic E-state index is 12.4. The summed E-state index contributed by atoms with van der Waals surface area (Å²) in [5.41, 5.74) is -0.0759. The third-order valence-electron chi connectivity index (χ3n) is 4.82. The summed E-state index contributed by atoms with van der Waals surface area (Å²) in [4.78, 5) is 26.2. The van der Waals surface area contributed by atoms with Gasteiger partial charge in [-0.05, 0) is 37.0 Å². The Kier molecular flexibility index (Phi) is 7.98. The first kappa shape index (κ1) is 20.7. The number of amides is 1. The van der Waals surface area contributed by atoms with E-state index in [2.05, 4.69) is 27.7 Å². The maximum absolute atomic E-state index is 12.4. The van der Waals surface area contributed by atoms with Gasteiger partial charge in [0.05, 0.1) is 5.92 Å². The van der Waals surface area contributed by atoms with Crippen molar-refractivity contribution in [3.63, 3.8) is 0 Å². The van der Waals surface area contributed by atoms with Gasteiger partial charge in [0.15, 0.2) is 0 Å². The van der Waals surface area contributed by atoms with E-state index >= 15 is 0 Å². The van der Waals surface area contributed by atoms with Crippen molar-refractivity contribution in [2.24, 2.45) is 17.3 Å². The predicted octanol–water partition coefficient (Wildman–Crippen LogP) is 4.54. The molecule has 24 heavy (non-hydrogen) atoms.